The summed E-state index contributed by atoms with van der Waals surface area (Å²) in [5, 5.41) is 6.44. The van der Waals surface area contributed by atoms with Crippen LogP contribution in [0.15, 0.2) is 35.2 Å². The van der Waals surface area contributed by atoms with Crippen molar-refractivity contribution in [2.24, 2.45) is 5.14 Å². The fourth-order valence-electron chi connectivity index (χ4n) is 1.89. The minimum Gasteiger partial charge on any atom is -0.452 e. The molecule has 0 radical (unpaired) electrons. The summed E-state index contributed by atoms with van der Waals surface area (Å²) in [4.78, 5) is 23.2. The molecule has 12 heteroatoms. The van der Waals surface area contributed by atoms with Crippen molar-refractivity contribution in [2.75, 3.05) is 11.9 Å². The van der Waals surface area contributed by atoms with Crippen molar-refractivity contribution in [1.29, 1.82) is 0 Å². The Morgan fingerprint density at radius 1 is 1.11 bits per heavy atom. The summed E-state index contributed by atoms with van der Waals surface area (Å²) in [5.74, 6) is -3.80. The zero-order valence-corrected chi connectivity index (χ0v) is 15.5. The molecular weight excluding hydrogens is 429 g/mol. The van der Waals surface area contributed by atoms with Crippen LogP contribution in [0.1, 0.15) is 10.4 Å². The molecule has 0 bridgehead atoms. The summed E-state index contributed by atoms with van der Waals surface area (Å²) >= 11 is 11.5. The summed E-state index contributed by atoms with van der Waals surface area (Å²) in [5.41, 5.74) is -0.855. The van der Waals surface area contributed by atoms with E-state index in [1.165, 1.54) is 0 Å². The highest BCUT2D eigenvalue weighted by molar-refractivity contribution is 7.89. The van der Waals surface area contributed by atoms with E-state index >= 15 is 0 Å². The minimum absolute atomic E-state index is 0.242. The Morgan fingerprint density at radius 2 is 1.78 bits per heavy atom. The van der Waals surface area contributed by atoms with Crippen LogP contribution in [-0.2, 0) is 19.6 Å². The van der Waals surface area contributed by atoms with E-state index in [9.17, 15) is 26.8 Å². The number of nitrogens with two attached hydrogens (primary N) is 1. The number of esters is 1. The molecule has 0 aromatic heterocycles. The van der Waals surface area contributed by atoms with Crippen molar-refractivity contribution < 1.29 is 31.5 Å². The highest BCUT2D eigenvalue weighted by Crippen LogP contribution is 2.28. The van der Waals surface area contributed by atoms with Gasteiger partial charge in [-0.1, -0.05) is 23.2 Å². The van der Waals surface area contributed by atoms with Crippen LogP contribution in [0, 0.1) is 11.6 Å². The Bertz CT molecular complexity index is 1030. The fraction of sp³-hybridized carbons (Fsp3) is 0.0667. The average molecular weight is 439 g/mol. The highest BCUT2D eigenvalue weighted by Gasteiger charge is 2.21. The van der Waals surface area contributed by atoms with Crippen LogP contribution in [0.5, 0.6) is 0 Å². The first kappa shape index (κ1) is 21.0. The van der Waals surface area contributed by atoms with E-state index in [0.29, 0.717) is 0 Å². The van der Waals surface area contributed by atoms with Crippen molar-refractivity contribution in [3.05, 3.63) is 57.6 Å². The Kier molecular flexibility index (Phi) is 6.37. The molecule has 0 aliphatic rings. The van der Waals surface area contributed by atoms with Crippen molar-refractivity contribution in [3.8, 4) is 0 Å². The maximum Gasteiger partial charge on any atom is 0.340 e. The fourth-order valence-corrected chi connectivity index (χ4v) is 3.29. The van der Waals surface area contributed by atoms with E-state index in [0.717, 1.165) is 30.3 Å². The number of anilines is 1. The number of carbonyl (C=O) groups excluding carboxylic acids is 2. The minimum atomic E-state index is -4.24. The Morgan fingerprint density at radius 3 is 2.41 bits per heavy atom. The number of nitrogens with one attached hydrogen (secondary N) is 1. The molecule has 7 nitrogen and oxygen atoms in total. The predicted octanol–water partition coefficient (Wildman–Crippen LogP) is 2.71. The van der Waals surface area contributed by atoms with Gasteiger partial charge < -0.3 is 10.1 Å². The number of ether oxygens (including phenoxy) is 1. The van der Waals surface area contributed by atoms with E-state index in [1.807, 2.05) is 5.32 Å². The third-order valence-electron chi connectivity index (χ3n) is 3.08. The quantitative estimate of drug-likeness (QED) is 0.696. The number of hydrogen-bond donors (Lipinski definition) is 2. The molecule has 144 valence electrons. The maximum absolute atomic E-state index is 13.5. The summed E-state index contributed by atoms with van der Waals surface area (Å²) < 4.78 is 54.1. The van der Waals surface area contributed by atoms with Crippen LogP contribution >= 0.6 is 23.2 Å². The Hall–Kier alpha value is -2.27. The van der Waals surface area contributed by atoms with Gasteiger partial charge in [-0.2, -0.15) is 0 Å². The summed E-state index contributed by atoms with van der Waals surface area (Å²) in [6.45, 7) is -0.877. The standard InChI is InChI=1S/C15H10Cl2F2N2O5S/c16-9-5-10(17)13(27(20,24)25)4-8(9)15(23)26-6-14(22)21-12-3-7(18)1-2-11(12)19/h1-5H,6H2,(H,21,22)(H2,20,24,25). The summed E-state index contributed by atoms with van der Waals surface area (Å²) in [7, 11) is -4.24. The molecule has 1 amide bonds. The first-order valence-electron chi connectivity index (χ1n) is 6.93. The van der Waals surface area contributed by atoms with Gasteiger partial charge in [-0.3, -0.25) is 4.79 Å². The molecule has 0 unspecified atom stereocenters. The molecule has 2 rings (SSSR count). The van der Waals surface area contributed by atoms with Gasteiger partial charge in [-0.15, -0.1) is 0 Å². The lowest BCUT2D eigenvalue weighted by Crippen LogP contribution is -2.22. The second-order valence-electron chi connectivity index (χ2n) is 5.06. The first-order valence-corrected chi connectivity index (χ1v) is 9.23. The van der Waals surface area contributed by atoms with Crippen LogP contribution < -0.4 is 10.5 Å². The van der Waals surface area contributed by atoms with Crippen LogP contribution in [-0.4, -0.2) is 26.9 Å². The van der Waals surface area contributed by atoms with Gasteiger partial charge in [-0.25, -0.2) is 27.1 Å². The molecule has 0 heterocycles. The van der Waals surface area contributed by atoms with Crippen molar-refractivity contribution >= 4 is 50.8 Å². The lowest BCUT2D eigenvalue weighted by Gasteiger charge is -2.10. The van der Waals surface area contributed by atoms with E-state index < -0.39 is 56.3 Å². The van der Waals surface area contributed by atoms with Crippen LogP contribution in [0.4, 0.5) is 14.5 Å². The van der Waals surface area contributed by atoms with Crippen molar-refractivity contribution in [1.82, 2.24) is 0 Å². The molecule has 0 aliphatic heterocycles. The van der Waals surface area contributed by atoms with Crippen molar-refractivity contribution in [3.63, 3.8) is 0 Å². The predicted molar refractivity (Wildman–Crippen MR) is 93.1 cm³/mol. The molecule has 0 saturated heterocycles. The molecule has 2 aromatic carbocycles. The SMILES string of the molecule is NS(=O)(=O)c1cc(C(=O)OCC(=O)Nc2cc(F)ccc2F)c(Cl)cc1Cl. The van der Waals surface area contributed by atoms with Gasteiger partial charge in [0.25, 0.3) is 5.91 Å². The first-order chi connectivity index (χ1) is 12.5. The van der Waals surface area contributed by atoms with Crippen LogP contribution in [0.2, 0.25) is 10.0 Å². The molecule has 2 aromatic rings. The Balaban J connectivity index is 2.11. The van der Waals surface area contributed by atoms with Crippen LogP contribution in [0.3, 0.4) is 0 Å². The zero-order chi connectivity index (χ0) is 20.4. The monoisotopic (exact) mass is 438 g/mol. The number of rotatable bonds is 5. The maximum atomic E-state index is 13.5. The molecule has 0 atom stereocenters. The van der Waals surface area contributed by atoms with Gasteiger partial charge in [-0.05, 0) is 24.3 Å². The molecular formula is C15H10Cl2F2N2O5S. The number of primary sulfonamides is 1. The summed E-state index contributed by atoms with van der Waals surface area (Å²) in [6, 6.07) is 4.17. The smallest absolute Gasteiger partial charge is 0.340 e. The highest BCUT2D eigenvalue weighted by atomic mass is 35.5. The molecule has 0 aliphatic carbocycles. The molecule has 0 saturated carbocycles. The van der Waals surface area contributed by atoms with E-state index in [-0.39, 0.29) is 10.0 Å². The number of halogens is 4. The largest absolute Gasteiger partial charge is 0.452 e. The second-order valence-corrected chi connectivity index (χ2v) is 7.40. The Labute approximate surface area is 162 Å². The third-order valence-corrected chi connectivity index (χ3v) is 4.77. The molecule has 0 spiro atoms. The lowest BCUT2D eigenvalue weighted by molar-refractivity contribution is -0.119. The molecule has 0 fully saturated rings. The topological polar surface area (TPSA) is 116 Å². The number of benzene rings is 2. The molecule has 3 N–H and O–H groups in total. The van der Waals surface area contributed by atoms with Crippen molar-refractivity contribution in [2.45, 2.75) is 4.90 Å². The number of sulfonamides is 1. The second kappa shape index (κ2) is 8.17. The number of hydrogen-bond acceptors (Lipinski definition) is 5. The van der Waals surface area contributed by atoms with Gasteiger partial charge in [0.15, 0.2) is 6.61 Å². The number of carbonyl (C=O) groups is 2. The van der Waals surface area contributed by atoms with Gasteiger partial charge in [0, 0.05) is 6.07 Å². The van der Waals surface area contributed by atoms with E-state index in [1.54, 1.807) is 0 Å². The summed E-state index contributed by atoms with van der Waals surface area (Å²) in [6.07, 6.45) is 0. The third kappa shape index (κ3) is 5.36. The van der Waals surface area contributed by atoms with Gasteiger partial charge in [0.05, 0.1) is 21.3 Å². The van der Waals surface area contributed by atoms with Gasteiger partial charge >= 0.3 is 5.97 Å². The number of amides is 1. The van der Waals surface area contributed by atoms with Crippen LogP contribution in [0.25, 0.3) is 0 Å². The molecule has 27 heavy (non-hydrogen) atoms. The van der Waals surface area contributed by atoms with Gasteiger partial charge in [0.1, 0.15) is 16.5 Å². The lowest BCUT2D eigenvalue weighted by atomic mass is 10.2. The van der Waals surface area contributed by atoms with E-state index in [4.69, 9.17) is 33.1 Å². The normalized spacial score (nSPS) is 11.1. The van der Waals surface area contributed by atoms with E-state index in [2.05, 4.69) is 0 Å². The zero-order valence-electron chi connectivity index (χ0n) is 13.1. The average Bonchev–Trinajstić information content (AvgIpc) is 2.55. The van der Waals surface area contributed by atoms with Gasteiger partial charge in [0.2, 0.25) is 10.0 Å².